The number of rotatable bonds is 6. The Morgan fingerprint density at radius 2 is 1.68 bits per heavy atom. The Labute approximate surface area is 228 Å². The van der Waals surface area contributed by atoms with Crippen molar-refractivity contribution in [3.63, 3.8) is 0 Å². The highest BCUT2D eigenvalue weighted by atomic mass is 127. The smallest absolute Gasteiger partial charge is 0.266 e. The fraction of sp³-hybridized carbons (Fsp3) is 0.0370. The van der Waals surface area contributed by atoms with E-state index in [1.807, 2.05) is 60.7 Å². The summed E-state index contributed by atoms with van der Waals surface area (Å²) in [4.78, 5) is 12.7. The van der Waals surface area contributed by atoms with Crippen molar-refractivity contribution in [2.75, 3.05) is 5.32 Å². The first-order chi connectivity index (χ1) is 16.5. The minimum Gasteiger partial charge on any atom is -0.487 e. The highest BCUT2D eigenvalue weighted by molar-refractivity contribution is 14.1. The number of hydrogen-bond acceptors (Lipinski definition) is 3. The second-order valence-corrected chi connectivity index (χ2v) is 10.2. The van der Waals surface area contributed by atoms with Gasteiger partial charge in [-0.2, -0.15) is 5.26 Å². The molecule has 4 aromatic rings. The van der Waals surface area contributed by atoms with Crippen LogP contribution in [0.2, 0.25) is 0 Å². The van der Waals surface area contributed by atoms with E-state index in [0.29, 0.717) is 32.6 Å². The van der Waals surface area contributed by atoms with Gasteiger partial charge in [-0.1, -0.05) is 54.6 Å². The van der Waals surface area contributed by atoms with Crippen LogP contribution in [0.4, 0.5) is 5.69 Å². The van der Waals surface area contributed by atoms with E-state index >= 15 is 0 Å². The first kappa shape index (κ1) is 24.5. The minimum absolute atomic E-state index is 0.00266. The molecular weight excluding hydrogens is 671 g/mol. The van der Waals surface area contributed by atoms with Crippen LogP contribution in [-0.2, 0) is 11.4 Å². The number of ether oxygens (including phenoxy) is 1. The monoisotopic (exact) mass is 686 g/mol. The van der Waals surface area contributed by atoms with Crippen molar-refractivity contribution < 1.29 is 9.53 Å². The quantitative estimate of drug-likeness (QED) is 0.127. The highest BCUT2D eigenvalue weighted by Gasteiger charge is 2.14. The van der Waals surface area contributed by atoms with Gasteiger partial charge in [0.25, 0.3) is 5.91 Å². The maximum atomic E-state index is 12.7. The summed E-state index contributed by atoms with van der Waals surface area (Å²) in [5.41, 5.74) is 2.43. The van der Waals surface area contributed by atoms with E-state index in [-0.39, 0.29) is 5.57 Å². The van der Waals surface area contributed by atoms with E-state index in [2.05, 4.69) is 78.0 Å². The van der Waals surface area contributed by atoms with Crippen molar-refractivity contribution in [1.29, 1.82) is 5.26 Å². The third-order valence-corrected chi connectivity index (χ3v) is 7.19. The molecule has 0 saturated heterocycles. The average Bonchev–Trinajstić information content (AvgIpc) is 2.83. The molecule has 0 saturated carbocycles. The van der Waals surface area contributed by atoms with E-state index in [1.54, 1.807) is 12.1 Å². The lowest BCUT2D eigenvalue weighted by Crippen LogP contribution is -2.14. The van der Waals surface area contributed by atoms with Crippen LogP contribution in [0.1, 0.15) is 11.1 Å². The summed E-state index contributed by atoms with van der Waals surface area (Å²) in [5.74, 6) is 0.182. The molecule has 0 heterocycles. The molecule has 0 atom stereocenters. The van der Waals surface area contributed by atoms with Gasteiger partial charge in [-0.15, -0.1) is 0 Å². The molecule has 0 radical (unpaired) electrons. The van der Waals surface area contributed by atoms with Crippen LogP contribution in [-0.4, -0.2) is 5.91 Å². The Morgan fingerprint density at radius 1 is 1.00 bits per heavy atom. The zero-order valence-corrected chi connectivity index (χ0v) is 23.0. The van der Waals surface area contributed by atoms with Gasteiger partial charge >= 0.3 is 0 Å². The number of para-hydroxylation sites is 1. The van der Waals surface area contributed by atoms with Gasteiger partial charge in [0.15, 0.2) is 0 Å². The van der Waals surface area contributed by atoms with Crippen LogP contribution in [0.3, 0.4) is 0 Å². The Kier molecular flexibility index (Phi) is 8.03. The average molecular weight is 688 g/mol. The molecule has 4 nitrogen and oxygen atoms in total. The first-order valence-corrected chi connectivity index (χ1v) is 12.9. The van der Waals surface area contributed by atoms with Crippen molar-refractivity contribution in [2.24, 2.45) is 0 Å². The molecule has 168 valence electrons. The Morgan fingerprint density at radius 3 is 2.41 bits per heavy atom. The lowest BCUT2D eigenvalue weighted by molar-refractivity contribution is -0.112. The molecule has 1 N–H and O–H groups in total. The molecule has 0 aliphatic carbocycles. The first-order valence-electron chi connectivity index (χ1n) is 10.2. The zero-order chi connectivity index (χ0) is 24.1. The number of carbonyl (C=O) groups is 1. The highest BCUT2D eigenvalue weighted by Crippen LogP contribution is 2.36. The van der Waals surface area contributed by atoms with Gasteiger partial charge < -0.3 is 10.1 Å². The zero-order valence-electron chi connectivity index (χ0n) is 17.7. The van der Waals surface area contributed by atoms with Crippen LogP contribution in [0, 0.1) is 14.9 Å². The van der Waals surface area contributed by atoms with Crippen molar-refractivity contribution in [1.82, 2.24) is 0 Å². The lowest BCUT2D eigenvalue weighted by Gasteiger charge is -2.13. The predicted octanol–water partition coefficient (Wildman–Crippen LogP) is 8.09. The summed E-state index contributed by atoms with van der Waals surface area (Å²) in [5, 5.41) is 14.7. The second-order valence-electron chi connectivity index (χ2n) is 7.34. The number of fused-ring (bicyclic) bond motifs is 1. The standard InChI is InChI=1S/C27H17Br2IN2O2/c28-22-13-17(12-20(15-31)27(33)32-25-11-4-3-10-24(25)30)14-23(29)26(22)34-16-19-8-5-7-18-6-1-2-9-21(18)19/h1-14H,16H2,(H,32,33)/b20-12-. The number of hydrogen-bond donors (Lipinski definition) is 1. The van der Waals surface area contributed by atoms with Crippen LogP contribution in [0.25, 0.3) is 16.8 Å². The molecule has 4 rings (SSSR count). The SMILES string of the molecule is N#C/C(=C/c1cc(Br)c(OCc2cccc3ccccc23)c(Br)c1)C(=O)Nc1ccccc1I. The summed E-state index contributed by atoms with van der Waals surface area (Å²) in [6.45, 7) is 0.398. The van der Waals surface area contributed by atoms with E-state index in [0.717, 1.165) is 19.9 Å². The van der Waals surface area contributed by atoms with Gasteiger partial charge in [0, 0.05) is 3.57 Å². The molecule has 0 aliphatic heterocycles. The van der Waals surface area contributed by atoms with Crippen molar-refractivity contribution in [3.8, 4) is 11.8 Å². The van der Waals surface area contributed by atoms with Crippen LogP contribution >= 0.6 is 54.5 Å². The molecule has 4 aromatic carbocycles. The van der Waals surface area contributed by atoms with Gasteiger partial charge in [0.2, 0.25) is 0 Å². The fourth-order valence-corrected chi connectivity index (χ4v) is 5.41. The topological polar surface area (TPSA) is 62.1 Å². The number of halogens is 3. The summed E-state index contributed by atoms with van der Waals surface area (Å²) in [6.07, 6.45) is 1.55. The third kappa shape index (κ3) is 5.69. The Balaban J connectivity index is 1.54. The van der Waals surface area contributed by atoms with Crippen molar-refractivity contribution >= 4 is 82.9 Å². The van der Waals surface area contributed by atoms with E-state index in [9.17, 15) is 10.1 Å². The van der Waals surface area contributed by atoms with Gasteiger partial charge in [0.1, 0.15) is 24.0 Å². The predicted molar refractivity (Wildman–Crippen MR) is 152 cm³/mol. The van der Waals surface area contributed by atoms with Crippen LogP contribution < -0.4 is 10.1 Å². The molecule has 7 heteroatoms. The number of amides is 1. The molecule has 0 aromatic heterocycles. The maximum absolute atomic E-state index is 12.7. The molecular formula is C27H17Br2IN2O2. The molecule has 1 amide bonds. The van der Waals surface area contributed by atoms with Crippen LogP contribution in [0.5, 0.6) is 5.75 Å². The lowest BCUT2D eigenvalue weighted by atomic mass is 10.1. The van der Waals surface area contributed by atoms with E-state index < -0.39 is 5.91 Å². The Hall–Kier alpha value is -2.67. The molecule has 0 aliphatic rings. The summed E-state index contributed by atoms with van der Waals surface area (Å²) < 4.78 is 8.44. The molecule has 0 unspecified atom stereocenters. The maximum Gasteiger partial charge on any atom is 0.266 e. The van der Waals surface area contributed by atoms with Gasteiger partial charge in [0.05, 0.1) is 14.6 Å². The number of benzene rings is 4. The number of anilines is 1. The second kappa shape index (κ2) is 11.2. The summed E-state index contributed by atoms with van der Waals surface area (Å²) in [7, 11) is 0. The van der Waals surface area contributed by atoms with Gasteiger partial charge in [-0.05, 0) is 107 Å². The van der Waals surface area contributed by atoms with Gasteiger partial charge in [-0.25, -0.2) is 0 Å². The van der Waals surface area contributed by atoms with Gasteiger partial charge in [-0.3, -0.25) is 4.79 Å². The third-order valence-electron chi connectivity index (χ3n) is 5.07. The number of nitrogens with zero attached hydrogens (tertiary/aromatic N) is 1. The minimum atomic E-state index is -0.463. The van der Waals surface area contributed by atoms with Crippen molar-refractivity contribution in [3.05, 3.63) is 108 Å². The van der Waals surface area contributed by atoms with E-state index in [4.69, 9.17) is 4.74 Å². The molecule has 0 fully saturated rings. The molecule has 0 spiro atoms. The fourth-order valence-electron chi connectivity index (χ4n) is 3.44. The number of nitriles is 1. The van der Waals surface area contributed by atoms with Crippen LogP contribution in [0.15, 0.2) is 93.4 Å². The molecule has 0 bridgehead atoms. The number of nitrogens with one attached hydrogen (secondary N) is 1. The molecule has 34 heavy (non-hydrogen) atoms. The van der Waals surface area contributed by atoms with E-state index in [1.165, 1.54) is 0 Å². The van der Waals surface area contributed by atoms with Crippen molar-refractivity contribution in [2.45, 2.75) is 6.61 Å². The summed E-state index contributed by atoms with van der Waals surface area (Å²) in [6, 6.07) is 27.4. The Bertz CT molecular complexity index is 1430. The normalized spacial score (nSPS) is 11.2. The number of carbonyl (C=O) groups excluding carboxylic acids is 1. The summed E-state index contributed by atoms with van der Waals surface area (Å²) >= 11 is 9.27. The largest absolute Gasteiger partial charge is 0.487 e.